The molecular formula is C21H19ClN4O2. The summed E-state index contributed by atoms with van der Waals surface area (Å²) in [7, 11) is 0. The average Bonchev–Trinajstić information content (AvgIpc) is 3.20. The molecule has 2 heterocycles. The largest absolute Gasteiger partial charge is 0.326 e. The molecule has 2 N–H and O–H groups in total. The lowest BCUT2D eigenvalue weighted by Crippen LogP contribution is -2.23. The molecule has 3 aromatic rings. The number of aromatic nitrogens is 2. The molecule has 1 aromatic heterocycles. The first-order chi connectivity index (χ1) is 13.6. The number of aryl methyl sites for hydroxylation is 1. The van der Waals surface area contributed by atoms with E-state index in [1.807, 2.05) is 37.3 Å². The van der Waals surface area contributed by atoms with E-state index in [9.17, 15) is 9.59 Å². The molecule has 0 radical (unpaired) electrons. The molecule has 2 amide bonds. The van der Waals surface area contributed by atoms with Crippen molar-refractivity contribution < 1.29 is 9.59 Å². The molecule has 0 fully saturated rings. The third kappa shape index (κ3) is 3.39. The number of hydrogen-bond donors (Lipinski definition) is 2. The normalized spacial score (nSPS) is 15.2. The molecule has 0 aliphatic carbocycles. The van der Waals surface area contributed by atoms with E-state index in [0.717, 1.165) is 23.2 Å². The summed E-state index contributed by atoms with van der Waals surface area (Å²) in [5.74, 6) is 0.163. The molecule has 7 heteroatoms. The summed E-state index contributed by atoms with van der Waals surface area (Å²) in [5.41, 5.74) is 3.43. The maximum atomic E-state index is 12.5. The monoisotopic (exact) mass is 394 g/mol. The molecule has 2 aromatic carbocycles. The van der Waals surface area contributed by atoms with Gasteiger partial charge in [0.05, 0.1) is 12.1 Å². The second kappa shape index (κ2) is 7.48. The van der Waals surface area contributed by atoms with Gasteiger partial charge in [0.15, 0.2) is 0 Å². The molecule has 28 heavy (non-hydrogen) atoms. The van der Waals surface area contributed by atoms with E-state index in [1.54, 1.807) is 28.9 Å². The molecule has 1 atom stereocenters. The number of carbonyl (C=O) groups excluding carboxylic acids is 2. The van der Waals surface area contributed by atoms with Crippen molar-refractivity contribution in [1.82, 2.24) is 9.78 Å². The van der Waals surface area contributed by atoms with Gasteiger partial charge in [-0.25, -0.2) is 4.68 Å². The van der Waals surface area contributed by atoms with Crippen LogP contribution in [0.25, 0.3) is 11.1 Å². The number of benzene rings is 2. The summed E-state index contributed by atoms with van der Waals surface area (Å²) in [6.45, 7) is 2.02. The highest BCUT2D eigenvalue weighted by molar-refractivity contribution is 6.30. The Hall–Kier alpha value is -3.12. The average molecular weight is 395 g/mol. The number of hydrogen-bond acceptors (Lipinski definition) is 3. The molecule has 6 nitrogen and oxygen atoms in total. The highest BCUT2D eigenvalue weighted by atomic mass is 35.5. The van der Waals surface area contributed by atoms with Crippen LogP contribution in [-0.4, -0.2) is 21.6 Å². The van der Waals surface area contributed by atoms with Gasteiger partial charge in [-0.05, 0) is 36.2 Å². The van der Waals surface area contributed by atoms with E-state index in [1.165, 1.54) is 0 Å². The summed E-state index contributed by atoms with van der Waals surface area (Å²) in [6.07, 6.45) is 0.727. The minimum atomic E-state index is -0.676. The maximum absolute atomic E-state index is 12.5. The van der Waals surface area contributed by atoms with Gasteiger partial charge in [-0.3, -0.25) is 9.59 Å². The predicted molar refractivity (Wildman–Crippen MR) is 109 cm³/mol. The molecule has 0 spiro atoms. The van der Waals surface area contributed by atoms with Crippen molar-refractivity contribution in [2.24, 2.45) is 0 Å². The lowest BCUT2D eigenvalue weighted by atomic mass is 10.0. The topological polar surface area (TPSA) is 76.0 Å². The van der Waals surface area contributed by atoms with Crippen LogP contribution < -0.4 is 10.6 Å². The van der Waals surface area contributed by atoms with Crippen LogP contribution in [-0.2, 0) is 16.0 Å². The number of fused-ring (bicyclic) bond motifs is 1. The van der Waals surface area contributed by atoms with Gasteiger partial charge in [-0.1, -0.05) is 48.9 Å². The Bertz CT molecular complexity index is 1030. The van der Waals surface area contributed by atoms with Crippen LogP contribution in [0, 0.1) is 0 Å². The molecule has 1 aliphatic heterocycles. The first kappa shape index (κ1) is 18.3. The molecular weight excluding hydrogens is 376 g/mol. The van der Waals surface area contributed by atoms with Gasteiger partial charge < -0.3 is 10.6 Å². The Labute approximate surface area is 167 Å². The maximum Gasteiger partial charge on any atom is 0.251 e. The van der Waals surface area contributed by atoms with E-state index in [2.05, 4.69) is 15.7 Å². The Kier molecular flexibility index (Phi) is 4.88. The third-order valence-electron chi connectivity index (χ3n) is 4.73. The summed E-state index contributed by atoms with van der Waals surface area (Å²) in [5, 5.41) is 10.9. The lowest BCUT2D eigenvalue weighted by Gasteiger charge is -2.10. The van der Waals surface area contributed by atoms with Crippen molar-refractivity contribution in [3.8, 4) is 11.1 Å². The number of rotatable bonds is 5. The molecule has 1 aliphatic rings. The Morgan fingerprint density at radius 1 is 1.18 bits per heavy atom. The minimum absolute atomic E-state index is 0.000520. The van der Waals surface area contributed by atoms with Crippen LogP contribution in [0.1, 0.15) is 25.1 Å². The zero-order valence-electron chi connectivity index (χ0n) is 15.3. The Morgan fingerprint density at radius 2 is 1.89 bits per heavy atom. The van der Waals surface area contributed by atoms with E-state index < -0.39 is 6.04 Å². The molecule has 4 rings (SSSR count). The molecule has 0 bridgehead atoms. The summed E-state index contributed by atoms with van der Waals surface area (Å²) in [4.78, 5) is 25.0. The van der Waals surface area contributed by atoms with Crippen LogP contribution in [0.5, 0.6) is 0 Å². The van der Waals surface area contributed by atoms with Gasteiger partial charge in [0.1, 0.15) is 11.9 Å². The lowest BCUT2D eigenvalue weighted by molar-refractivity contribution is -0.123. The van der Waals surface area contributed by atoms with Crippen LogP contribution in [0.4, 0.5) is 11.5 Å². The van der Waals surface area contributed by atoms with Gasteiger partial charge in [-0.15, -0.1) is 0 Å². The first-order valence-corrected chi connectivity index (χ1v) is 9.47. The van der Waals surface area contributed by atoms with Crippen molar-refractivity contribution >= 4 is 34.9 Å². The number of anilines is 2. The second-order valence-electron chi connectivity index (χ2n) is 6.60. The van der Waals surface area contributed by atoms with Gasteiger partial charge >= 0.3 is 0 Å². The highest BCUT2D eigenvalue weighted by Gasteiger charge is 2.36. The van der Waals surface area contributed by atoms with Crippen LogP contribution in [0.3, 0.4) is 0 Å². The standard InChI is InChI=1S/C21H19ClN4O2/c1-2-16-19(13-6-4-3-5-7-13)20-24-21(28)17(26(20)25-16)12-18(27)23-15-10-8-14(22)9-11-15/h3-11,17H,2,12H2,1H3,(H,23,27)(H,24,28). The summed E-state index contributed by atoms with van der Waals surface area (Å²) < 4.78 is 1.64. The zero-order chi connectivity index (χ0) is 19.7. The van der Waals surface area contributed by atoms with Crippen molar-refractivity contribution in [3.05, 3.63) is 65.3 Å². The van der Waals surface area contributed by atoms with Crippen LogP contribution in [0.15, 0.2) is 54.6 Å². The fourth-order valence-electron chi connectivity index (χ4n) is 3.39. The van der Waals surface area contributed by atoms with E-state index in [4.69, 9.17) is 11.6 Å². The molecule has 0 saturated carbocycles. The summed E-state index contributed by atoms with van der Waals surface area (Å²) in [6, 6.07) is 16.0. The van der Waals surface area contributed by atoms with Gasteiger partial charge in [0, 0.05) is 16.3 Å². The SMILES string of the molecule is CCc1nn2c(c1-c1ccccc1)NC(=O)C2CC(=O)Nc1ccc(Cl)cc1. The number of amides is 2. The molecule has 0 saturated heterocycles. The Balaban J connectivity index is 1.59. The van der Waals surface area contributed by atoms with Crippen molar-refractivity contribution in [3.63, 3.8) is 0 Å². The third-order valence-corrected chi connectivity index (χ3v) is 4.98. The quantitative estimate of drug-likeness (QED) is 0.677. The minimum Gasteiger partial charge on any atom is -0.326 e. The number of nitrogens with one attached hydrogen (secondary N) is 2. The first-order valence-electron chi connectivity index (χ1n) is 9.10. The van der Waals surface area contributed by atoms with Crippen molar-refractivity contribution in [2.45, 2.75) is 25.8 Å². The molecule has 142 valence electrons. The fourth-order valence-corrected chi connectivity index (χ4v) is 3.52. The summed E-state index contributed by atoms with van der Waals surface area (Å²) >= 11 is 5.87. The van der Waals surface area contributed by atoms with Gasteiger partial charge in [0.25, 0.3) is 5.91 Å². The predicted octanol–water partition coefficient (Wildman–Crippen LogP) is 4.29. The van der Waals surface area contributed by atoms with Crippen LogP contribution in [0.2, 0.25) is 5.02 Å². The van der Waals surface area contributed by atoms with Crippen LogP contribution >= 0.6 is 11.6 Å². The van der Waals surface area contributed by atoms with Crippen molar-refractivity contribution in [1.29, 1.82) is 0 Å². The van der Waals surface area contributed by atoms with Crippen molar-refractivity contribution in [2.75, 3.05) is 10.6 Å². The second-order valence-corrected chi connectivity index (χ2v) is 7.04. The number of carbonyl (C=O) groups is 2. The highest BCUT2D eigenvalue weighted by Crippen LogP contribution is 2.38. The Morgan fingerprint density at radius 3 is 2.57 bits per heavy atom. The number of halogens is 1. The van der Waals surface area contributed by atoms with E-state index in [-0.39, 0.29) is 18.2 Å². The van der Waals surface area contributed by atoms with Gasteiger partial charge in [0.2, 0.25) is 5.91 Å². The van der Waals surface area contributed by atoms with E-state index in [0.29, 0.717) is 16.5 Å². The number of nitrogens with zero attached hydrogens (tertiary/aromatic N) is 2. The molecule has 1 unspecified atom stereocenters. The fraction of sp³-hybridized carbons (Fsp3) is 0.190. The van der Waals surface area contributed by atoms with E-state index >= 15 is 0 Å². The van der Waals surface area contributed by atoms with Gasteiger partial charge in [-0.2, -0.15) is 5.10 Å². The zero-order valence-corrected chi connectivity index (χ0v) is 16.0. The smallest absolute Gasteiger partial charge is 0.251 e.